The summed E-state index contributed by atoms with van der Waals surface area (Å²) in [5.74, 6) is 0.837. The largest absolute Gasteiger partial charge is 0.497 e. The van der Waals surface area contributed by atoms with Gasteiger partial charge in [0.15, 0.2) is 5.11 Å². The number of nitrogens with one attached hydrogen (secondary N) is 2. The second kappa shape index (κ2) is 8.21. The number of para-hydroxylation sites is 1. The molecule has 2 N–H and O–H groups in total. The molecule has 25 heavy (non-hydrogen) atoms. The normalized spacial score (nSPS) is 15.6. The molecule has 5 heteroatoms. The SMILES string of the molecule is COc1ccc(NC(=S)NCCCN2c3ccccc3CC2C)cc1. The lowest BCUT2D eigenvalue weighted by molar-refractivity contribution is 0.415. The van der Waals surface area contributed by atoms with Crippen LogP contribution < -0.4 is 20.3 Å². The van der Waals surface area contributed by atoms with Crippen LogP contribution in [0.5, 0.6) is 5.75 Å². The Morgan fingerprint density at radius 3 is 2.72 bits per heavy atom. The summed E-state index contributed by atoms with van der Waals surface area (Å²) in [4.78, 5) is 2.50. The third-order valence-electron chi connectivity index (χ3n) is 4.56. The number of hydrogen-bond donors (Lipinski definition) is 2. The summed E-state index contributed by atoms with van der Waals surface area (Å²) in [6.07, 6.45) is 2.18. The first-order valence-corrected chi connectivity index (χ1v) is 9.11. The van der Waals surface area contributed by atoms with Crippen LogP contribution in [-0.2, 0) is 6.42 Å². The average Bonchev–Trinajstić information content (AvgIpc) is 2.95. The number of thiocarbonyl (C=S) groups is 1. The fraction of sp³-hybridized carbons (Fsp3) is 0.350. The second-order valence-electron chi connectivity index (χ2n) is 6.34. The molecule has 0 aliphatic carbocycles. The predicted molar refractivity (Wildman–Crippen MR) is 109 cm³/mol. The van der Waals surface area contributed by atoms with Crippen molar-refractivity contribution in [1.82, 2.24) is 5.32 Å². The van der Waals surface area contributed by atoms with Crippen LogP contribution in [0.3, 0.4) is 0 Å². The van der Waals surface area contributed by atoms with E-state index in [0.717, 1.165) is 37.4 Å². The Hall–Kier alpha value is -2.27. The maximum absolute atomic E-state index is 5.36. The summed E-state index contributed by atoms with van der Waals surface area (Å²) in [5.41, 5.74) is 3.80. The van der Waals surface area contributed by atoms with Gasteiger partial charge < -0.3 is 20.3 Å². The molecule has 0 bridgehead atoms. The van der Waals surface area contributed by atoms with Gasteiger partial charge in [-0.05, 0) is 67.9 Å². The van der Waals surface area contributed by atoms with Gasteiger partial charge >= 0.3 is 0 Å². The van der Waals surface area contributed by atoms with Crippen LogP contribution in [0.4, 0.5) is 11.4 Å². The highest BCUT2D eigenvalue weighted by Crippen LogP contribution is 2.31. The molecular formula is C20H25N3OS. The minimum Gasteiger partial charge on any atom is -0.497 e. The maximum Gasteiger partial charge on any atom is 0.170 e. The van der Waals surface area contributed by atoms with Gasteiger partial charge in [0, 0.05) is 30.5 Å². The molecule has 0 spiro atoms. The Morgan fingerprint density at radius 2 is 1.96 bits per heavy atom. The lowest BCUT2D eigenvalue weighted by Gasteiger charge is -2.25. The van der Waals surface area contributed by atoms with Gasteiger partial charge in [0.25, 0.3) is 0 Å². The zero-order valence-electron chi connectivity index (χ0n) is 14.8. The molecule has 3 rings (SSSR count). The Bertz CT molecular complexity index is 717. The van der Waals surface area contributed by atoms with Crippen molar-refractivity contribution in [2.24, 2.45) is 0 Å². The molecule has 132 valence electrons. The van der Waals surface area contributed by atoms with E-state index >= 15 is 0 Å². The maximum atomic E-state index is 5.36. The van der Waals surface area contributed by atoms with Crippen LogP contribution >= 0.6 is 12.2 Å². The standard InChI is InChI=1S/C20H25N3OS/c1-15-14-16-6-3-4-7-19(16)23(15)13-5-12-21-20(25)22-17-8-10-18(24-2)11-9-17/h3-4,6-11,15H,5,12-14H2,1-2H3,(H2,21,22,25). The van der Waals surface area contributed by atoms with Crippen molar-refractivity contribution in [3.63, 3.8) is 0 Å². The second-order valence-corrected chi connectivity index (χ2v) is 6.75. The van der Waals surface area contributed by atoms with Gasteiger partial charge in [-0.2, -0.15) is 0 Å². The van der Waals surface area contributed by atoms with Gasteiger partial charge in [-0.3, -0.25) is 0 Å². The lowest BCUT2D eigenvalue weighted by Crippen LogP contribution is -2.34. The number of anilines is 2. The molecular weight excluding hydrogens is 330 g/mol. The molecule has 0 amide bonds. The molecule has 1 unspecified atom stereocenters. The molecule has 0 radical (unpaired) electrons. The van der Waals surface area contributed by atoms with Crippen LogP contribution in [0.2, 0.25) is 0 Å². The Morgan fingerprint density at radius 1 is 1.20 bits per heavy atom. The van der Waals surface area contributed by atoms with E-state index in [0.29, 0.717) is 11.2 Å². The highest BCUT2D eigenvalue weighted by Gasteiger charge is 2.24. The minimum atomic E-state index is 0.571. The van der Waals surface area contributed by atoms with Gasteiger partial charge in [0.05, 0.1) is 7.11 Å². The molecule has 0 fully saturated rings. The van der Waals surface area contributed by atoms with Gasteiger partial charge in [0.2, 0.25) is 0 Å². The minimum absolute atomic E-state index is 0.571. The summed E-state index contributed by atoms with van der Waals surface area (Å²) in [6.45, 7) is 4.19. The number of rotatable bonds is 6. The highest BCUT2D eigenvalue weighted by atomic mass is 32.1. The molecule has 0 saturated carbocycles. The Labute approximate surface area is 155 Å². The van der Waals surface area contributed by atoms with E-state index in [1.165, 1.54) is 11.3 Å². The number of hydrogen-bond acceptors (Lipinski definition) is 3. The van der Waals surface area contributed by atoms with Crippen molar-refractivity contribution < 1.29 is 4.74 Å². The number of methoxy groups -OCH3 is 1. The highest BCUT2D eigenvalue weighted by molar-refractivity contribution is 7.80. The number of fused-ring (bicyclic) bond motifs is 1. The quantitative estimate of drug-likeness (QED) is 0.608. The summed E-state index contributed by atoms with van der Waals surface area (Å²) in [7, 11) is 1.66. The third-order valence-corrected chi connectivity index (χ3v) is 4.80. The fourth-order valence-electron chi connectivity index (χ4n) is 3.27. The van der Waals surface area contributed by atoms with E-state index in [4.69, 9.17) is 17.0 Å². The average molecular weight is 356 g/mol. The van der Waals surface area contributed by atoms with Crippen LogP contribution in [0.25, 0.3) is 0 Å². The van der Waals surface area contributed by atoms with E-state index in [1.807, 2.05) is 24.3 Å². The zero-order chi connectivity index (χ0) is 17.6. The lowest BCUT2D eigenvalue weighted by atomic mass is 10.1. The van der Waals surface area contributed by atoms with E-state index in [2.05, 4.69) is 46.7 Å². The molecule has 1 aliphatic rings. The van der Waals surface area contributed by atoms with Crippen molar-refractivity contribution in [3.05, 3.63) is 54.1 Å². The first-order chi connectivity index (χ1) is 12.2. The van der Waals surface area contributed by atoms with Crippen LogP contribution in [0, 0.1) is 0 Å². The molecule has 4 nitrogen and oxygen atoms in total. The first kappa shape index (κ1) is 17.5. The molecule has 2 aromatic rings. The molecule has 1 aliphatic heterocycles. The van der Waals surface area contributed by atoms with Crippen LogP contribution in [0.1, 0.15) is 18.9 Å². The topological polar surface area (TPSA) is 36.5 Å². The van der Waals surface area contributed by atoms with E-state index < -0.39 is 0 Å². The molecule has 0 aromatic heterocycles. The third kappa shape index (κ3) is 4.42. The van der Waals surface area contributed by atoms with Gasteiger partial charge in [-0.1, -0.05) is 18.2 Å². The molecule has 1 heterocycles. The van der Waals surface area contributed by atoms with Crippen molar-refractivity contribution >= 4 is 28.7 Å². The van der Waals surface area contributed by atoms with Crippen molar-refractivity contribution in [3.8, 4) is 5.75 Å². The Kier molecular flexibility index (Phi) is 5.76. The van der Waals surface area contributed by atoms with Crippen molar-refractivity contribution in [2.75, 3.05) is 30.4 Å². The fourth-order valence-corrected chi connectivity index (χ4v) is 3.49. The van der Waals surface area contributed by atoms with E-state index in [9.17, 15) is 0 Å². The van der Waals surface area contributed by atoms with E-state index in [1.54, 1.807) is 7.11 Å². The summed E-state index contributed by atoms with van der Waals surface area (Å²) in [5, 5.41) is 7.13. The number of benzene rings is 2. The van der Waals surface area contributed by atoms with Crippen LogP contribution in [-0.4, -0.2) is 31.4 Å². The summed E-state index contributed by atoms with van der Waals surface area (Å²) >= 11 is 5.36. The predicted octanol–water partition coefficient (Wildman–Crippen LogP) is 3.82. The molecule has 2 aromatic carbocycles. The Balaban J connectivity index is 1.41. The number of ether oxygens (including phenoxy) is 1. The van der Waals surface area contributed by atoms with Gasteiger partial charge in [-0.25, -0.2) is 0 Å². The van der Waals surface area contributed by atoms with Crippen LogP contribution in [0.15, 0.2) is 48.5 Å². The summed E-state index contributed by atoms with van der Waals surface area (Å²) < 4.78 is 5.16. The summed E-state index contributed by atoms with van der Waals surface area (Å²) in [6, 6.07) is 17.0. The van der Waals surface area contributed by atoms with Crippen molar-refractivity contribution in [1.29, 1.82) is 0 Å². The monoisotopic (exact) mass is 355 g/mol. The van der Waals surface area contributed by atoms with Gasteiger partial charge in [0.1, 0.15) is 5.75 Å². The van der Waals surface area contributed by atoms with E-state index in [-0.39, 0.29) is 0 Å². The smallest absolute Gasteiger partial charge is 0.170 e. The molecule has 1 atom stereocenters. The zero-order valence-corrected chi connectivity index (χ0v) is 15.6. The molecule has 0 saturated heterocycles. The number of nitrogens with zero attached hydrogens (tertiary/aromatic N) is 1. The van der Waals surface area contributed by atoms with Gasteiger partial charge in [-0.15, -0.1) is 0 Å². The first-order valence-electron chi connectivity index (χ1n) is 8.71. The van der Waals surface area contributed by atoms with Crippen molar-refractivity contribution in [2.45, 2.75) is 25.8 Å².